The minimum absolute atomic E-state index is 0. The van der Waals surface area contributed by atoms with Crippen molar-refractivity contribution in [2.75, 3.05) is 0 Å². The second-order valence-electron chi connectivity index (χ2n) is 26.0. The minimum atomic E-state index is -2.94. The van der Waals surface area contributed by atoms with E-state index in [1.165, 1.54) is 18.2 Å². The molecule has 84 heavy (non-hydrogen) atoms. The van der Waals surface area contributed by atoms with Gasteiger partial charge in [-0.15, -0.1) is 29.7 Å². The smallest absolute Gasteiger partial charge is 0.268 e. The van der Waals surface area contributed by atoms with Crippen LogP contribution in [0.15, 0.2) is 182 Å². The summed E-state index contributed by atoms with van der Waals surface area (Å²) >= 11 is 0. The van der Waals surface area contributed by atoms with Crippen molar-refractivity contribution in [1.82, 2.24) is 14.1 Å². The number of hydrogen-bond acceptors (Lipinski definition) is 2. The van der Waals surface area contributed by atoms with Crippen LogP contribution in [0.2, 0.25) is 0 Å². The number of benzene rings is 9. The molecule has 13 rings (SSSR count). The summed E-state index contributed by atoms with van der Waals surface area (Å²) in [6, 6.07) is 41.4. The third-order valence-corrected chi connectivity index (χ3v) is 16.1. The first-order valence-corrected chi connectivity index (χ1v) is 28.1. The first kappa shape index (κ1) is 41.8. The van der Waals surface area contributed by atoms with Crippen LogP contribution in [0.5, 0.6) is 11.5 Å². The van der Waals surface area contributed by atoms with Crippen LogP contribution >= 0.6 is 0 Å². The number of fused-ring (bicyclic) bond motifs is 10. The van der Waals surface area contributed by atoms with Gasteiger partial charge in [0.05, 0.1) is 27.7 Å². The zero-order valence-corrected chi connectivity index (χ0v) is 51.5. The van der Waals surface area contributed by atoms with Gasteiger partial charge >= 0.3 is 0 Å². The number of hydrogen-bond donors (Lipinski definition) is 0. The van der Waals surface area contributed by atoms with Crippen LogP contribution in [0.3, 0.4) is 0 Å². The number of aryl methyl sites for hydroxylation is 2. The van der Waals surface area contributed by atoms with Gasteiger partial charge in [0.2, 0.25) is 0 Å². The van der Waals surface area contributed by atoms with Crippen molar-refractivity contribution in [3.05, 3.63) is 234 Å². The van der Waals surface area contributed by atoms with Crippen molar-refractivity contribution in [2.24, 2.45) is 0 Å². The Bertz CT molecular complexity index is 5260. The van der Waals surface area contributed by atoms with E-state index in [1.54, 1.807) is 39.5 Å². The Morgan fingerprint density at radius 1 is 0.500 bits per heavy atom. The maximum atomic E-state index is 10.2. The molecule has 4 heterocycles. The topological polar surface area (TPSA) is 35.9 Å². The van der Waals surface area contributed by atoms with Crippen LogP contribution in [0.25, 0.3) is 106 Å². The van der Waals surface area contributed by atoms with Crippen molar-refractivity contribution in [2.45, 2.75) is 118 Å². The van der Waals surface area contributed by atoms with Gasteiger partial charge in [-0.05, 0) is 160 Å². The number of rotatable bonds is 6. The third kappa shape index (κ3) is 9.82. The van der Waals surface area contributed by atoms with Gasteiger partial charge in [0.25, 0.3) is 6.33 Å². The summed E-state index contributed by atoms with van der Waals surface area (Å²) in [5.41, 5.74) is 4.58. The van der Waals surface area contributed by atoms with Crippen LogP contribution in [0, 0.1) is 32.2 Å². The number of nitrogens with zero attached hydrogens (tertiary/aromatic N) is 4. The van der Waals surface area contributed by atoms with Gasteiger partial charge < -0.3 is 13.9 Å². The molecular weight excluding hydrogens is 1200 g/mol. The first-order valence-electron chi connectivity index (χ1n) is 35.1. The van der Waals surface area contributed by atoms with Crippen molar-refractivity contribution in [3.63, 3.8) is 0 Å². The maximum Gasteiger partial charge on any atom is 0.268 e. The van der Waals surface area contributed by atoms with E-state index in [2.05, 4.69) is 122 Å². The van der Waals surface area contributed by atoms with E-state index in [9.17, 15) is 11.0 Å². The van der Waals surface area contributed by atoms with E-state index in [0.29, 0.717) is 33.9 Å². The fraction of sp³-hybridized carbons (Fsp3) is 0.231. The summed E-state index contributed by atoms with van der Waals surface area (Å²) in [5.74, 6) is 1.32. The molecule has 0 N–H and O–H groups in total. The number of para-hydroxylation sites is 1. The fourth-order valence-corrected chi connectivity index (χ4v) is 11.5. The summed E-state index contributed by atoms with van der Waals surface area (Å²) in [6.07, 6.45) is 5.47. The molecule has 0 spiro atoms. The average Bonchev–Trinajstić information content (AvgIpc) is 1.47. The van der Waals surface area contributed by atoms with Crippen LogP contribution in [-0.2, 0) is 42.7 Å². The standard InChI is InChI=1S/C78H72N4O.Pt/c1-48-23-21-24-49(2)72(48)67-43-55(78(12,13)14)42-66-62-30-18-16-28-60(62)59-27-15-17-29-61(59)65-39-51(50-37-53(76(6,7)8)41-54(38-50)77(9,10)11)40-70-74(65)81(73(66)67)47-80(70)56-25-22-26-57(45-56)83-58-33-34-64-63-31-19-20-32-68(63)82(69(64)46-58)71-44-52(35-36-79-71)75(3,4)5;/h15-44H,1-14H3;/q-2;/i1D3,2D3,15D,16D,17D,18D,27D,28D,29D,30D;. The molecule has 9 aromatic carbocycles. The number of ether oxygens (including phenoxy) is 1. The molecule has 0 saturated carbocycles. The Labute approximate surface area is 530 Å². The van der Waals surface area contributed by atoms with Gasteiger partial charge in [-0.3, -0.25) is 4.57 Å². The van der Waals surface area contributed by atoms with E-state index in [-0.39, 0.29) is 110 Å². The molecule has 6 heteroatoms. The minimum Gasteiger partial charge on any atom is -0.510 e. The molecule has 0 fully saturated rings. The summed E-state index contributed by atoms with van der Waals surface area (Å²) < 4.78 is 145. The molecule has 1 aliphatic rings. The molecule has 12 aromatic rings. The number of aromatic nitrogens is 4. The van der Waals surface area contributed by atoms with Gasteiger partial charge in [-0.2, -0.15) is 18.2 Å². The zero-order valence-electron chi connectivity index (χ0n) is 63.2. The van der Waals surface area contributed by atoms with Crippen molar-refractivity contribution in [1.29, 1.82) is 0 Å². The molecule has 0 atom stereocenters. The SMILES string of the molecule is [2H]c1c([2H])c([2H])c2c(c1[2H])-c1cc(C(C)(C)C)cc(-c3c(C([2H])([2H])[2H])cccc3C([2H])([2H])[2H])c1-[n+]1[c-]n(-c3[c-]c(Oc4[c-]c5c(cc4)c4ccccc4n5-c4cc(C(C)(C)C)ccn4)ccc3)c3cc(-c4cc(C(C)(C)C)cc(C(C)(C)C)c4)cc(c31)-c1c([2H])c([2H])c([2H])c([2H])c1-2.[Pt]. The third-order valence-electron chi connectivity index (χ3n) is 16.1. The molecule has 0 unspecified atom stereocenters. The summed E-state index contributed by atoms with van der Waals surface area (Å²) in [6.45, 7) is 19.1. The first-order chi connectivity index (χ1) is 45.2. The monoisotopic (exact) mass is 1290 g/mol. The molecule has 0 aliphatic carbocycles. The predicted molar refractivity (Wildman–Crippen MR) is 345 cm³/mol. The van der Waals surface area contributed by atoms with Gasteiger partial charge in [-0.1, -0.05) is 210 Å². The van der Waals surface area contributed by atoms with Crippen LogP contribution in [0.1, 0.15) is 136 Å². The molecule has 3 aromatic heterocycles. The predicted octanol–water partition coefficient (Wildman–Crippen LogP) is 20.0. The quantitative estimate of drug-likeness (QED) is 0.123. The van der Waals surface area contributed by atoms with Gasteiger partial charge in [-0.25, -0.2) is 4.98 Å². The Kier molecular flexibility index (Phi) is 10.3. The Hall–Kier alpha value is -8.11. The van der Waals surface area contributed by atoms with Gasteiger partial charge in [0, 0.05) is 52.5 Å². The van der Waals surface area contributed by atoms with Crippen LogP contribution in [-0.4, -0.2) is 14.1 Å². The maximum absolute atomic E-state index is 10.2. The van der Waals surface area contributed by atoms with E-state index in [1.807, 2.05) is 69.4 Å². The Morgan fingerprint density at radius 3 is 1.71 bits per heavy atom. The van der Waals surface area contributed by atoms with Gasteiger partial charge in [0.15, 0.2) is 0 Å². The van der Waals surface area contributed by atoms with E-state index >= 15 is 0 Å². The Morgan fingerprint density at radius 2 is 1.07 bits per heavy atom. The number of pyridine rings is 1. The molecule has 0 bridgehead atoms. The van der Waals surface area contributed by atoms with Gasteiger partial charge in [0.1, 0.15) is 5.82 Å². The summed E-state index contributed by atoms with van der Waals surface area (Å²) in [4.78, 5) is 4.88. The summed E-state index contributed by atoms with van der Waals surface area (Å²) in [5, 5.41) is 1.92. The second-order valence-corrected chi connectivity index (χ2v) is 26.0. The van der Waals surface area contributed by atoms with E-state index in [4.69, 9.17) is 17.9 Å². The Balaban J connectivity index is 0.00000914. The van der Waals surface area contributed by atoms with Crippen molar-refractivity contribution < 1.29 is 49.6 Å². The molecule has 5 nitrogen and oxygen atoms in total. The molecule has 0 radical (unpaired) electrons. The van der Waals surface area contributed by atoms with Crippen LogP contribution in [0.4, 0.5) is 0 Å². The normalized spacial score (nSPS) is 15.2. The van der Waals surface area contributed by atoms with Crippen LogP contribution < -0.4 is 9.30 Å². The molecule has 0 amide bonds. The number of imidazole rings is 1. The van der Waals surface area contributed by atoms with Crippen molar-refractivity contribution >= 4 is 32.8 Å². The van der Waals surface area contributed by atoms with E-state index < -0.39 is 67.5 Å². The zero-order chi connectivity index (χ0) is 70.0. The molecule has 1 aliphatic heterocycles. The molecule has 0 saturated heterocycles. The van der Waals surface area contributed by atoms with E-state index in [0.717, 1.165) is 44.1 Å². The molecule has 422 valence electrons. The average molecular weight is 1290 g/mol. The summed E-state index contributed by atoms with van der Waals surface area (Å²) in [7, 11) is 0. The fourth-order valence-electron chi connectivity index (χ4n) is 11.5. The molecular formula is C78H72N4OPt-2. The largest absolute Gasteiger partial charge is 0.510 e. The second kappa shape index (κ2) is 20.6. The van der Waals surface area contributed by atoms with Crippen molar-refractivity contribution in [3.8, 4) is 84.3 Å².